The van der Waals surface area contributed by atoms with Crippen molar-refractivity contribution in [3.05, 3.63) is 21.4 Å². The highest BCUT2D eigenvalue weighted by molar-refractivity contribution is 7.14. The van der Waals surface area contributed by atoms with Crippen molar-refractivity contribution in [1.29, 1.82) is 0 Å². The SMILES string of the molecule is C[C@H]1C(=O)N2CCC[C@@H]2CN1C(=O)c1cc2c(s1)C1(CCNCC1)OCC2.Cl. The van der Waals surface area contributed by atoms with Crippen molar-refractivity contribution >= 4 is 35.6 Å². The summed E-state index contributed by atoms with van der Waals surface area (Å²) in [6.45, 7) is 6.02. The van der Waals surface area contributed by atoms with Gasteiger partial charge in [0.1, 0.15) is 11.6 Å². The summed E-state index contributed by atoms with van der Waals surface area (Å²) < 4.78 is 6.25. The highest BCUT2D eigenvalue weighted by Gasteiger charge is 2.44. The molecule has 0 aliphatic carbocycles. The number of halogens is 1. The molecule has 1 aromatic heterocycles. The number of fused-ring (bicyclic) bond motifs is 3. The molecule has 2 amide bonds. The maximum atomic E-state index is 13.3. The Morgan fingerprint density at radius 3 is 2.93 bits per heavy atom. The average molecular weight is 426 g/mol. The van der Waals surface area contributed by atoms with E-state index in [1.807, 2.05) is 16.7 Å². The molecule has 0 bridgehead atoms. The maximum Gasteiger partial charge on any atom is 0.264 e. The third-order valence-electron chi connectivity index (χ3n) is 6.75. The number of nitrogens with zero attached hydrogens (tertiary/aromatic N) is 2. The molecule has 5 rings (SSSR count). The van der Waals surface area contributed by atoms with Crippen LogP contribution in [0.3, 0.4) is 0 Å². The lowest BCUT2D eigenvalue weighted by atomic mass is 9.86. The lowest BCUT2D eigenvalue weighted by molar-refractivity contribution is -0.141. The first kappa shape index (κ1) is 20.1. The second-order valence-corrected chi connectivity index (χ2v) is 9.32. The predicted octanol–water partition coefficient (Wildman–Crippen LogP) is 2.16. The van der Waals surface area contributed by atoms with Crippen LogP contribution in [0, 0.1) is 0 Å². The van der Waals surface area contributed by atoms with E-state index < -0.39 is 0 Å². The molecule has 154 valence electrons. The van der Waals surface area contributed by atoms with Gasteiger partial charge in [0.05, 0.1) is 11.5 Å². The molecule has 4 aliphatic heterocycles. The van der Waals surface area contributed by atoms with Crippen LogP contribution in [0.15, 0.2) is 6.07 Å². The van der Waals surface area contributed by atoms with E-state index in [2.05, 4.69) is 11.4 Å². The number of hydrogen-bond acceptors (Lipinski definition) is 5. The highest BCUT2D eigenvalue weighted by atomic mass is 35.5. The molecule has 0 radical (unpaired) electrons. The molecule has 4 aliphatic rings. The van der Waals surface area contributed by atoms with Crippen molar-refractivity contribution in [2.24, 2.45) is 0 Å². The van der Waals surface area contributed by atoms with E-state index >= 15 is 0 Å². The largest absolute Gasteiger partial charge is 0.369 e. The lowest BCUT2D eigenvalue weighted by Gasteiger charge is -2.41. The number of thiophene rings is 1. The minimum absolute atomic E-state index is 0. The summed E-state index contributed by atoms with van der Waals surface area (Å²) in [4.78, 5) is 31.8. The molecule has 5 heterocycles. The van der Waals surface area contributed by atoms with E-state index in [0.29, 0.717) is 6.54 Å². The van der Waals surface area contributed by atoms with Gasteiger partial charge in [0.2, 0.25) is 5.91 Å². The van der Waals surface area contributed by atoms with E-state index in [1.165, 1.54) is 10.4 Å². The average Bonchev–Trinajstić information content (AvgIpc) is 3.33. The van der Waals surface area contributed by atoms with Crippen molar-refractivity contribution in [1.82, 2.24) is 15.1 Å². The van der Waals surface area contributed by atoms with Crippen LogP contribution in [0.2, 0.25) is 0 Å². The minimum atomic E-state index is -0.366. The zero-order valence-corrected chi connectivity index (χ0v) is 17.9. The predicted molar refractivity (Wildman–Crippen MR) is 110 cm³/mol. The second-order valence-electron chi connectivity index (χ2n) is 8.27. The van der Waals surface area contributed by atoms with Gasteiger partial charge >= 0.3 is 0 Å². The Morgan fingerprint density at radius 1 is 1.36 bits per heavy atom. The monoisotopic (exact) mass is 425 g/mol. The number of piperidine rings is 1. The molecular weight excluding hydrogens is 398 g/mol. The quantitative estimate of drug-likeness (QED) is 0.749. The summed E-state index contributed by atoms with van der Waals surface area (Å²) in [6.07, 6.45) is 4.85. The number of amides is 2. The molecule has 0 saturated carbocycles. The van der Waals surface area contributed by atoms with Crippen LogP contribution in [0.4, 0.5) is 0 Å². The summed E-state index contributed by atoms with van der Waals surface area (Å²) in [5.74, 6) is 0.127. The van der Waals surface area contributed by atoms with E-state index in [9.17, 15) is 9.59 Å². The fraction of sp³-hybridized carbons (Fsp3) is 0.700. The van der Waals surface area contributed by atoms with Crippen LogP contribution in [0.5, 0.6) is 0 Å². The summed E-state index contributed by atoms with van der Waals surface area (Å²) in [6, 6.07) is 1.91. The minimum Gasteiger partial charge on any atom is -0.369 e. The van der Waals surface area contributed by atoms with Gasteiger partial charge in [0.25, 0.3) is 5.91 Å². The lowest BCUT2D eigenvalue weighted by Crippen LogP contribution is -2.60. The van der Waals surface area contributed by atoms with E-state index in [0.717, 1.165) is 63.2 Å². The van der Waals surface area contributed by atoms with Crippen LogP contribution in [0.25, 0.3) is 0 Å². The Hall–Kier alpha value is -1.15. The van der Waals surface area contributed by atoms with Gasteiger partial charge in [-0.2, -0.15) is 0 Å². The van der Waals surface area contributed by atoms with Crippen LogP contribution >= 0.6 is 23.7 Å². The Labute approximate surface area is 176 Å². The molecule has 3 fully saturated rings. The Bertz CT molecular complexity index is 777. The standard InChI is InChI=1S/C20H27N3O3S.ClH/c1-13-18(24)22-9-2-3-15(22)12-23(13)19(25)16-11-14-4-10-26-20(17(14)27-16)5-7-21-8-6-20;/h11,13,15,21H,2-10,12H2,1H3;1H/t13-,15+;/m0./s1. The molecule has 0 unspecified atom stereocenters. The number of piperazine rings is 1. The number of rotatable bonds is 1. The van der Waals surface area contributed by atoms with E-state index in [4.69, 9.17) is 4.74 Å². The fourth-order valence-corrected chi connectivity index (χ4v) is 6.57. The zero-order chi connectivity index (χ0) is 18.6. The van der Waals surface area contributed by atoms with Gasteiger partial charge in [-0.1, -0.05) is 0 Å². The smallest absolute Gasteiger partial charge is 0.264 e. The summed E-state index contributed by atoms with van der Waals surface area (Å²) >= 11 is 1.60. The molecule has 1 N–H and O–H groups in total. The molecule has 8 heteroatoms. The van der Waals surface area contributed by atoms with Gasteiger partial charge in [-0.25, -0.2) is 0 Å². The third-order valence-corrected chi connectivity index (χ3v) is 8.10. The molecular formula is C20H28ClN3O3S. The first-order valence-corrected chi connectivity index (χ1v) is 11.0. The van der Waals surface area contributed by atoms with E-state index in [-0.39, 0.29) is 41.9 Å². The Balaban J connectivity index is 0.00000192. The normalized spacial score (nSPS) is 28.7. The van der Waals surface area contributed by atoms with Gasteiger partial charge in [-0.3, -0.25) is 9.59 Å². The van der Waals surface area contributed by atoms with Crippen molar-refractivity contribution in [2.45, 2.75) is 56.7 Å². The second kappa shape index (κ2) is 7.59. The number of nitrogens with one attached hydrogen (secondary N) is 1. The van der Waals surface area contributed by atoms with Crippen molar-refractivity contribution < 1.29 is 14.3 Å². The van der Waals surface area contributed by atoms with Crippen LogP contribution in [-0.2, 0) is 21.6 Å². The van der Waals surface area contributed by atoms with Crippen LogP contribution in [0.1, 0.15) is 52.7 Å². The van der Waals surface area contributed by atoms with Gasteiger partial charge < -0.3 is 19.9 Å². The number of hydrogen-bond donors (Lipinski definition) is 1. The maximum absolute atomic E-state index is 13.3. The molecule has 6 nitrogen and oxygen atoms in total. The molecule has 1 spiro atoms. The van der Waals surface area contributed by atoms with Gasteiger partial charge in [-0.05, 0) is 63.7 Å². The Morgan fingerprint density at radius 2 is 2.14 bits per heavy atom. The Kier molecular flexibility index (Phi) is 5.46. The number of ether oxygens (including phenoxy) is 1. The van der Waals surface area contributed by atoms with Gasteiger partial charge in [0.15, 0.2) is 0 Å². The van der Waals surface area contributed by atoms with Gasteiger partial charge in [-0.15, -0.1) is 23.7 Å². The third kappa shape index (κ3) is 3.07. The highest BCUT2D eigenvalue weighted by Crippen LogP contribution is 2.44. The molecule has 3 saturated heterocycles. The first-order chi connectivity index (χ1) is 13.1. The van der Waals surface area contributed by atoms with Crippen LogP contribution < -0.4 is 5.32 Å². The molecule has 0 aromatic carbocycles. The summed E-state index contributed by atoms with van der Waals surface area (Å²) in [5.41, 5.74) is 1.06. The number of carbonyl (C=O) groups is 2. The summed E-state index contributed by atoms with van der Waals surface area (Å²) in [7, 11) is 0. The van der Waals surface area contributed by atoms with Crippen LogP contribution in [-0.4, -0.2) is 66.5 Å². The van der Waals surface area contributed by atoms with Crippen molar-refractivity contribution in [3.63, 3.8) is 0 Å². The molecule has 2 atom stereocenters. The topological polar surface area (TPSA) is 61.9 Å². The van der Waals surface area contributed by atoms with E-state index in [1.54, 1.807) is 11.3 Å². The fourth-order valence-electron chi connectivity index (χ4n) is 5.20. The zero-order valence-electron chi connectivity index (χ0n) is 16.2. The first-order valence-electron chi connectivity index (χ1n) is 10.2. The van der Waals surface area contributed by atoms with Gasteiger partial charge in [0, 0.05) is 24.0 Å². The molecule has 28 heavy (non-hydrogen) atoms. The van der Waals surface area contributed by atoms with Crippen molar-refractivity contribution in [2.75, 3.05) is 32.8 Å². The number of carbonyl (C=O) groups excluding carboxylic acids is 2. The summed E-state index contributed by atoms with van der Waals surface area (Å²) in [5, 5.41) is 3.41. The van der Waals surface area contributed by atoms with Crippen molar-refractivity contribution in [3.8, 4) is 0 Å². The molecule has 1 aromatic rings.